The molecule has 1 saturated heterocycles. The molecule has 1 heterocycles. The molecule has 0 aromatic heterocycles. The third kappa shape index (κ3) is 0.891. The lowest BCUT2D eigenvalue weighted by Gasteiger charge is -2.34. The van der Waals surface area contributed by atoms with Crippen LogP contribution in [-0.4, -0.2) is 11.9 Å². The molecule has 1 aliphatic carbocycles. The van der Waals surface area contributed by atoms with Gasteiger partial charge in [-0.3, -0.25) is 9.59 Å². The van der Waals surface area contributed by atoms with Crippen molar-refractivity contribution in [1.82, 2.24) is 0 Å². The Morgan fingerprint density at radius 3 is 3.08 bits per heavy atom. The van der Waals surface area contributed by atoms with E-state index in [2.05, 4.69) is 4.74 Å². The van der Waals surface area contributed by atoms with Gasteiger partial charge >= 0.3 is 11.9 Å². The second-order valence-electron chi connectivity index (χ2n) is 3.67. The Morgan fingerprint density at radius 1 is 1.58 bits per heavy atom. The molecule has 3 nitrogen and oxygen atoms in total. The summed E-state index contributed by atoms with van der Waals surface area (Å²) in [6.45, 7) is 1.81. The number of allylic oxidation sites excluding steroid dienone is 1. The molecule has 1 aliphatic heterocycles. The van der Waals surface area contributed by atoms with Gasteiger partial charge in [0, 0.05) is 0 Å². The van der Waals surface area contributed by atoms with Crippen molar-refractivity contribution in [3.05, 3.63) is 12.2 Å². The van der Waals surface area contributed by atoms with Crippen molar-refractivity contribution >= 4 is 11.9 Å². The molecule has 0 aromatic rings. The summed E-state index contributed by atoms with van der Waals surface area (Å²) in [5.74, 6) is -0.862. The van der Waals surface area contributed by atoms with Gasteiger partial charge in [-0.2, -0.15) is 0 Å². The second kappa shape index (κ2) is 2.19. The standard InChI is InChI=1S/C9H10O3/c1-9-4-2-3-6(5-9)7(10)12-8(9)11/h2,4,6H,3,5H2,1H3. The molecule has 64 valence electrons. The molecule has 2 rings (SSSR count). The highest BCUT2D eigenvalue weighted by Gasteiger charge is 2.45. The topological polar surface area (TPSA) is 43.4 Å². The van der Waals surface area contributed by atoms with Gasteiger partial charge in [-0.25, -0.2) is 0 Å². The largest absolute Gasteiger partial charge is 0.392 e. The van der Waals surface area contributed by atoms with E-state index in [0.717, 1.165) is 0 Å². The number of rotatable bonds is 0. The van der Waals surface area contributed by atoms with E-state index in [9.17, 15) is 9.59 Å². The van der Waals surface area contributed by atoms with Gasteiger partial charge in [0.1, 0.15) is 0 Å². The normalized spacial score (nSPS) is 39.6. The van der Waals surface area contributed by atoms with Crippen molar-refractivity contribution in [3.63, 3.8) is 0 Å². The molecular weight excluding hydrogens is 156 g/mol. The van der Waals surface area contributed by atoms with Crippen molar-refractivity contribution in [2.75, 3.05) is 0 Å². The van der Waals surface area contributed by atoms with Crippen LogP contribution in [0.5, 0.6) is 0 Å². The number of hydrogen-bond donors (Lipinski definition) is 0. The first kappa shape index (κ1) is 7.53. The highest BCUT2D eigenvalue weighted by Crippen LogP contribution is 2.39. The molecule has 2 aliphatic rings. The minimum absolute atomic E-state index is 0.0994. The summed E-state index contributed by atoms with van der Waals surface area (Å²) in [5, 5.41) is 0. The predicted octanol–water partition coefficient (Wildman–Crippen LogP) is 1.04. The van der Waals surface area contributed by atoms with Crippen LogP contribution in [0.25, 0.3) is 0 Å². The van der Waals surface area contributed by atoms with Gasteiger partial charge in [-0.15, -0.1) is 0 Å². The summed E-state index contributed by atoms with van der Waals surface area (Å²) >= 11 is 0. The van der Waals surface area contributed by atoms with Crippen LogP contribution in [0.1, 0.15) is 19.8 Å². The fourth-order valence-electron chi connectivity index (χ4n) is 1.78. The Bertz CT molecular complexity index is 279. The van der Waals surface area contributed by atoms with E-state index in [1.54, 1.807) is 0 Å². The maximum atomic E-state index is 11.2. The second-order valence-corrected chi connectivity index (χ2v) is 3.67. The monoisotopic (exact) mass is 166 g/mol. The lowest BCUT2D eigenvalue weighted by molar-refractivity contribution is -0.176. The number of fused-ring (bicyclic) bond motifs is 2. The van der Waals surface area contributed by atoms with Gasteiger partial charge in [-0.05, 0) is 19.8 Å². The SMILES string of the molecule is CC12C=CCC(C1)C(=O)OC2=O. The van der Waals surface area contributed by atoms with Crippen LogP contribution in [0.15, 0.2) is 12.2 Å². The molecule has 0 aromatic carbocycles. The van der Waals surface area contributed by atoms with Gasteiger partial charge in [0.2, 0.25) is 0 Å². The number of hydrogen-bond acceptors (Lipinski definition) is 3. The maximum Gasteiger partial charge on any atom is 0.323 e. The minimum atomic E-state index is -0.545. The molecule has 3 heteroatoms. The number of carbonyl (C=O) groups is 2. The molecule has 0 saturated carbocycles. The molecule has 0 N–H and O–H groups in total. The number of esters is 2. The third-order valence-electron chi connectivity index (χ3n) is 2.57. The van der Waals surface area contributed by atoms with Crippen LogP contribution in [0.4, 0.5) is 0 Å². The molecule has 12 heavy (non-hydrogen) atoms. The van der Waals surface area contributed by atoms with E-state index in [-0.39, 0.29) is 11.9 Å². The van der Waals surface area contributed by atoms with Crippen LogP contribution >= 0.6 is 0 Å². The highest BCUT2D eigenvalue weighted by molar-refractivity contribution is 5.94. The van der Waals surface area contributed by atoms with Crippen LogP contribution in [0.2, 0.25) is 0 Å². The Labute approximate surface area is 70.4 Å². The van der Waals surface area contributed by atoms with Crippen LogP contribution < -0.4 is 0 Å². The van der Waals surface area contributed by atoms with Gasteiger partial charge in [0.15, 0.2) is 0 Å². The smallest absolute Gasteiger partial charge is 0.323 e. The maximum absolute atomic E-state index is 11.2. The zero-order valence-corrected chi connectivity index (χ0v) is 6.87. The molecule has 0 amide bonds. The molecule has 2 bridgehead atoms. The van der Waals surface area contributed by atoms with Crippen molar-refractivity contribution in [1.29, 1.82) is 0 Å². The zero-order chi connectivity index (χ0) is 8.77. The van der Waals surface area contributed by atoms with Gasteiger partial charge in [-0.1, -0.05) is 12.2 Å². The summed E-state index contributed by atoms with van der Waals surface area (Å²) in [6.07, 6.45) is 5.06. The fraction of sp³-hybridized carbons (Fsp3) is 0.556. The minimum Gasteiger partial charge on any atom is -0.392 e. The lowest BCUT2D eigenvalue weighted by Crippen LogP contribution is -2.42. The summed E-state index contributed by atoms with van der Waals surface area (Å²) in [4.78, 5) is 22.3. The van der Waals surface area contributed by atoms with Crippen LogP contribution in [0.3, 0.4) is 0 Å². The van der Waals surface area contributed by atoms with Gasteiger partial charge in [0.25, 0.3) is 0 Å². The quantitative estimate of drug-likeness (QED) is 0.307. The van der Waals surface area contributed by atoms with E-state index < -0.39 is 11.4 Å². The van der Waals surface area contributed by atoms with Crippen LogP contribution in [-0.2, 0) is 14.3 Å². The van der Waals surface area contributed by atoms with E-state index in [1.807, 2.05) is 19.1 Å². The Morgan fingerprint density at radius 2 is 2.33 bits per heavy atom. The van der Waals surface area contributed by atoms with E-state index in [0.29, 0.717) is 12.8 Å². The van der Waals surface area contributed by atoms with E-state index >= 15 is 0 Å². The van der Waals surface area contributed by atoms with Gasteiger partial charge in [0.05, 0.1) is 11.3 Å². The first-order chi connectivity index (χ1) is 5.62. The molecule has 1 fully saturated rings. The fourth-order valence-corrected chi connectivity index (χ4v) is 1.78. The van der Waals surface area contributed by atoms with Crippen molar-refractivity contribution in [2.24, 2.45) is 11.3 Å². The lowest BCUT2D eigenvalue weighted by atomic mass is 9.74. The summed E-state index contributed by atoms with van der Waals surface area (Å²) in [7, 11) is 0. The number of carbonyl (C=O) groups excluding carboxylic acids is 2. The Kier molecular flexibility index (Phi) is 1.37. The zero-order valence-electron chi connectivity index (χ0n) is 6.87. The molecule has 0 spiro atoms. The highest BCUT2D eigenvalue weighted by atomic mass is 16.6. The van der Waals surface area contributed by atoms with Gasteiger partial charge < -0.3 is 4.74 Å². The predicted molar refractivity (Wildman–Crippen MR) is 41.1 cm³/mol. The third-order valence-corrected chi connectivity index (χ3v) is 2.57. The first-order valence-electron chi connectivity index (χ1n) is 4.06. The number of cyclic esters (lactones) is 2. The number of ether oxygens (including phenoxy) is 1. The van der Waals surface area contributed by atoms with Crippen LogP contribution in [0, 0.1) is 11.3 Å². The molecule has 0 radical (unpaired) electrons. The van der Waals surface area contributed by atoms with E-state index in [1.165, 1.54) is 0 Å². The Hall–Kier alpha value is -1.12. The summed E-state index contributed by atoms with van der Waals surface area (Å²) < 4.78 is 4.63. The summed E-state index contributed by atoms with van der Waals surface area (Å²) in [5.41, 5.74) is -0.545. The molecule has 2 atom stereocenters. The average molecular weight is 166 g/mol. The molecule has 2 unspecified atom stereocenters. The molecular formula is C9H10O3. The van der Waals surface area contributed by atoms with E-state index in [4.69, 9.17) is 0 Å². The average Bonchev–Trinajstić information content (AvgIpc) is 2.02. The van der Waals surface area contributed by atoms with Crippen molar-refractivity contribution in [2.45, 2.75) is 19.8 Å². The Balaban J connectivity index is 2.38. The summed E-state index contributed by atoms with van der Waals surface area (Å²) in [6, 6.07) is 0. The van der Waals surface area contributed by atoms with Crippen molar-refractivity contribution < 1.29 is 14.3 Å². The van der Waals surface area contributed by atoms with Crippen molar-refractivity contribution in [3.8, 4) is 0 Å². The first-order valence-corrected chi connectivity index (χ1v) is 4.06.